The molecule has 2 aromatic rings. The van der Waals surface area contributed by atoms with Crippen LogP contribution in [0.3, 0.4) is 0 Å². The Hall–Kier alpha value is -2.58. The van der Waals surface area contributed by atoms with Crippen LogP contribution >= 0.6 is 0 Å². The molecule has 0 saturated heterocycles. The van der Waals surface area contributed by atoms with Gasteiger partial charge < -0.3 is 11.1 Å². The topological polar surface area (TPSA) is 113 Å². The molecule has 2 aromatic heterocycles. The van der Waals surface area contributed by atoms with E-state index in [1.54, 1.807) is 18.1 Å². The van der Waals surface area contributed by atoms with Crippen molar-refractivity contribution in [3.05, 3.63) is 33.0 Å². The normalized spacial score (nSPS) is 10.8. The van der Waals surface area contributed by atoms with Crippen molar-refractivity contribution < 1.29 is 0 Å². The van der Waals surface area contributed by atoms with Gasteiger partial charge in [-0.3, -0.25) is 18.6 Å². The first-order valence-corrected chi connectivity index (χ1v) is 6.63. The molecule has 0 aliphatic rings. The molecule has 9 heteroatoms. The summed E-state index contributed by atoms with van der Waals surface area (Å²) >= 11 is 0. The molecule has 0 atom stereocenters. The Morgan fingerprint density at radius 3 is 2.62 bits per heavy atom. The second kappa shape index (κ2) is 5.81. The van der Waals surface area contributed by atoms with Crippen LogP contribution in [0.1, 0.15) is 19.2 Å². The fourth-order valence-corrected chi connectivity index (χ4v) is 2.02. The highest BCUT2D eigenvalue weighted by molar-refractivity contribution is 5.60. The van der Waals surface area contributed by atoms with Crippen molar-refractivity contribution in [2.45, 2.75) is 26.4 Å². The van der Waals surface area contributed by atoms with Gasteiger partial charge in [-0.1, -0.05) is 6.92 Å². The molecule has 0 radical (unpaired) electrons. The summed E-state index contributed by atoms with van der Waals surface area (Å²) in [5.74, 6) is 0.674. The van der Waals surface area contributed by atoms with Gasteiger partial charge in [0.1, 0.15) is 17.8 Å². The number of nitrogens with zero attached hydrogens (tertiary/aromatic N) is 5. The number of hydrogen-bond donors (Lipinski definition) is 2. The largest absolute Gasteiger partial charge is 0.383 e. The van der Waals surface area contributed by atoms with Crippen LogP contribution in [0, 0.1) is 0 Å². The van der Waals surface area contributed by atoms with Crippen molar-refractivity contribution in [3.8, 4) is 0 Å². The highest BCUT2D eigenvalue weighted by Gasteiger charge is 2.15. The number of nitrogen functional groups attached to an aromatic ring is 1. The Balaban J connectivity index is 2.38. The summed E-state index contributed by atoms with van der Waals surface area (Å²) < 4.78 is 3.99. The molecular formula is C12H19N7O2. The van der Waals surface area contributed by atoms with E-state index in [0.717, 1.165) is 11.0 Å². The Morgan fingerprint density at radius 2 is 2.05 bits per heavy atom. The average Bonchev–Trinajstić information content (AvgIpc) is 2.87. The lowest BCUT2D eigenvalue weighted by atomic mass is 10.4. The fourth-order valence-electron chi connectivity index (χ4n) is 2.02. The number of hydrogen-bond acceptors (Lipinski definition) is 6. The van der Waals surface area contributed by atoms with Crippen LogP contribution in [-0.2, 0) is 27.2 Å². The summed E-state index contributed by atoms with van der Waals surface area (Å²) in [6, 6.07) is 0. The van der Waals surface area contributed by atoms with E-state index in [0.29, 0.717) is 12.4 Å². The van der Waals surface area contributed by atoms with Gasteiger partial charge >= 0.3 is 5.69 Å². The van der Waals surface area contributed by atoms with Gasteiger partial charge in [0.2, 0.25) is 0 Å². The highest BCUT2D eigenvalue weighted by Crippen LogP contribution is 2.11. The maximum absolute atomic E-state index is 12.2. The molecule has 9 nitrogen and oxygen atoms in total. The predicted molar refractivity (Wildman–Crippen MR) is 79.0 cm³/mol. The highest BCUT2D eigenvalue weighted by atomic mass is 16.2. The van der Waals surface area contributed by atoms with Gasteiger partial charge in [0, 0.05) is 20.6 Å². The third kappa shape index (κ3) is 2.81. The Kier molecular flexibility index (Phi) is 4.10. The second-order valence-electron chi connectivity index (χ2n) is 4.75. The first-order chi connectivity index (χ1) is 9.95. The van der Waals surface area contributed by atoms with Gasteiger partial charge in [0.15, 0.2) is 5.82 Å². The van der Waals surface area contributed by atoms with E-state index in [9.17, 15) is 9.59 Å². The number of aromatic nitrogens is 5. The van der Waals surface area contributed by atoms with Gasteiger partial charge in [0.25, 0.3) is 5.56 Å². The SMILES string of the molecule is CCCn1c(N)c(NCc2ncn(C)n2)c(=O)n(C)c1=O. The maximum Gasteiger partial charge on any atom is 0.332 e. The minimum absolute atomic E-state index is 0.140. The minimum Gasteiger partial charge on any atom is -0.383 e. The number of nitrogens with one attached hydrogen (secondary N) is 1. The minimum atomic E-state index is -0.458. The molecule has 0 unspecified atom stereocenters. The van der Waals surface area contributed by atoms with E-state index in [4.69, 9.17) is 5.73 Å². The van der Waals surface area contributed by atoms with Crippen LogP contribution in [0.4, 0.5) is 11.5 Å². The van der Waals surface area contributed by atoms with Crippen molar-refractivity contribution in [1.82, 2.24) is 23.9 Å². The molecule has 0 saturated carbocycles. The molecule has 114 valence electrons. The van der Waals surface area contributed by atoms with Crippen LogP contribution in [0.15, 0.2) is 15.9 Å². The van der Waals surface area contributed by atoms with Crippen molar-refractivity contribution in [3.63, 3.8) is 0 Å². The van der Waals surface area contributed by atoms with Gasteiger partial charge in [-0.25, -0.2) is 9.78 Å². The number of nitrogens with two attached hydrogens (primary N) is 1. The average molecular weight is 293 g/mol. The molecule has 2 heterocycles. The molecule has 21 heavy (non-hydrogen) atoms. The van der Waals surface area contributed by atoms with E-state index in [1.165, 1.54) is 11.6 Å². The summed E-state index contributed by atoms with van der Waals surface area (Å²) in [5.41, 5.74) is 5.27. The third-order valence-electron chi connectivity index (χ3n) is 3.10. The molecular weight excluding hydrogens is 274 g/mol. The van der Waals surface area contributed by atoms with Crippen LogP contribution in [0.25, 0.3) is 0 Å². The third-order valence-corrected chi connectivity index (χ3v) is 3.10. The number of aryl methyl sites for hydroxylation is 1. The van der Waals surface area contributed by atoms with Crippen LogP contribution < -0.4 is 22.3 Å². The van der Waals surface area contributed by atoms with Crippen LogP contribution in [0.5, 0.6) is 0 Å². The number of anilines is 2. The van der Waals surface area contributed by atoms with E-state index in [2.05, 4.69) is 15.4 Å². The maximum atomic E-state index is 12.2. The van der Waals surface area contributed by atoms with Crippen molar-refractivity contribution >= 4 is 11.5 Å². The van der Waals surface area contributed by atoms with E-state index >= 15 is 0 Å². The molecule has 0 aromatic carbocycles. The van der Waals surface area contributed by atoms with Gasteiger partial charge in [-0.15, -0.1) is 0 Å². The Bertz CT molecular complexity index is 756. The van der Waals surface area contributed by atoms with Gasteiger partial charge in [0.05, 0.1) is 6.54 Å². The van der Waals surface area contributed by atoms with Gasteiger partial charge in [-0.2, -0.15) is 5.10 Å². The molecule has 0 aliphatic carbocycles. The second-order valence-corrected chi connectivity index (χ2v) is 4.75. The van der Waals surface area contributed by atoms with Crippen LogP contribution in [-0.4, -0.2) is 23.9 Å². The van der Waals surface area contributed by atoms with Crippen LogP contribution in [0.2, 0.25) is 0 Å². The quantitative estimate of drug-likeness (QED) is 0.752. The van der Waals surface area contributed by atoms with Crippen molar-refractivity contribution in [2.75, 3.05) is 11.1 Å². The lowest BCUT2D eigenvalue weighted by molar-refractivity contribution is 0.600. The number of rotatable bonds is 5. The Labute approximate surface area is 121 Å². The van der Waals surface area contributed by atoms with E-state index in [1.807, 2.05) is 6.92 Å². The summed E-state index contributed by atoms with van der Waals surface area (Å²) in [4.78, 5) is 28.2. The zero-order chi connectivity index (χ0) is 15.6. The smallest absolute Gasteiger partial charge is 0.332 e. The zero-order valence-electron chi connectivity index (χ0n) is 12.3. The van der Waals surface area contributed by atoms with Crippen molar-refractivity contribution in [2.24, 2.45) is 14.1 Å². The van der Waals surface area contributed by atoms with E-state index in [-0.39, 0.29) is 18.1 Å². The summed E-state index contributed by atoms with van der Waals surface area (Å²) in [7, 11) is 3.19. The van der Waals surface area contributed by atoms with E-state index < -0.39 is 11.2 Å². The molecule has 0 spiro atoms. The lowest BCUT2D eigenvalue weighted by Crippen LogP contribution is -2.40. The summed E-state index contributed by atoms with van der Waals surface area (Å²) in [5, 5.41) is 7.03. The molecule has 0 aliphatic heterocycles. The fraction of sp³-hybridized carbons (Fsp3) is 0.500. The molecule has 3 N–H and O–H groups in total. The standard InChI is InChI=1S/C12H19N7O2/c1-4-5-19-10(13)9(11(20)18(3)12(19)21)14-6-8-15-7-17(2)16-8/h7,14H,4-6,13H2,1-3H3. The van der Waals surface area contributed by atoms with Gasteiger partial charge in [-0.05, 0) is 6.42 Å². The molecule has 0 fully saturated rings. The summed E-state index contributed by atoms with van der Waals surface area (Å²) in [6.07, 6.45) is 2.31. The zero-order valence-corrected chi connectivity index (χ0v) is 12.3. The monoisotopic (exact) mass is 293 g/mol. The first kappa shape index (κ1) is 14.8. The van der Waals surface area contributed by atoms with Crippen molar-refractivity contribution in [1.29, 1.82) is 0 Å². The molecule has 2 rings (SSSR count). The first-order valence-electron chi connectivity index (χ1n) is 6.63. The predicted octanol–water partition coefficient (Wildman–Crippen LogP) is -0.720. The Morgan fingerprint density at radius 1 is 1.33 bits per heavy atom. The lowest BCUT2D eigenvalue weighted by Gasteiger charge is -2.14. The molecule has 0 amide bonds. The molecule has 0 bridgehead atoms. The summed E-state index contributed by atoms with van der Waals surface area (Å²) in [6.45, 7) is 2.64.